The molecular formula is C34H35FNO3. The Balaban J connectivity index is 0.000000845. The van der Waals surface area contributed by atoms with Crippen molar-refractivity contribution in [3.8, 4) is 11.1 Å². The Bertz CT molecular complexity index is 1430. The standard InChI is InChI=1S/C30H23FNO3.2C2H6/c1-35-29(20-6-3-2-4-7-20)28-23-17-21(27-22(19-12-13-19)8-5-9-24(27)31)14-15-25(23)32(30(28)34)26(33)16-18-10-11-18;2*1-2/h2-9,12-15,17-18H,10-11,16H2,1H3;2*1-2H3/b29-28-;;. The van der Waals surface area contributed by atoms with E-state index in [0.29, 0.717) is 46.0 Å². The minimum atomic E-state index is -0.407. The van der Waals surface area contributed by atoms with Gasteiger partial charge in [-0.25, -0.2) is 9.29 Å². The molecule has 1 aliphatic heterocycles. The van der Waals surface area contributed by atoms with Crippen LogP contribution in [-0.2, 0) is 14.3 Å². The lowest BCUT2D eigenvalue weighted by Gasteiger charge is -2.16. The largest absolute Gasteiger partial charge is 0.495 e. The van der Waals surface area contributed by atoms with E-state index in [9.17, 15) is 9.59 Å². The predicted molar refractivity (Wildman–Crippen MR) is 157 cm³/mol. The molecule has 1 heterocycles. The Hall–Kier alpha value is -3.99. The van der Waals surface area contributed by atoms with Crippen molar-refractivity contribution in [1.29, 1.82) is 0 Å². The van der Waals surface area contributed by atoms with Crippen LogP contribution in [0.2, 0.25) is 0 Å². The minimum Gasteiger partial charge on any atom is -0.495 e. The van der Waals surface area contributed by atoms with Crippen molar-refractivity contribution in [2.75, 3.05) is 12.0 Å². The summed E-state index contributed by atoms with van der Waals surface area (Å²) in [5.74, 6) is -0.228. The lowest BCUT2D eigenvalue weighted by Crippen LogP contribution is -2.33. The number of anilines is 1. The highest BCUT2D eigenvalue weighted by atomic mass is 19.1. The molecule has 4 nitrogen and oxygen atoms in total. The number of hydrogen-bond acceptors (Lipinski definition) is 3. The number of carbonyl (C=O) groups is 2. The number of hydrogen-bond donors (Lipinski definition) is 0. The molecule has 5 heteroatoms. The Morgan fingerprint density at radius 1 is 0.949 bits per heavy atom. The Kier molecular flexibility index (Phi) is 8.80. The van der Waals surface area contributed by atoms with Crippen molar-refractivity contribution in [3.05, 3.63) is 102 Å². The molecule has 2 amide bonds. The average Bonchev–Trinajstić information content (AvgIpc) is 3.91. The van der Waals surface area contributed by atoms with Gasteiger partial charge < -0.3 is 4.74 Å². The molecule has 3 aromatic carbocycles. The highest BCUT2D eigenvalue weighted by Crippen LogP contribution is 2.46. The highest BCUT2D eigenvalue weighted by molar-refractivity contribution is 6.43. The number of methoxy groups -OCH3 is 1. The number of nitrogens with zero attached hydrogens (tertiary/aromatic N) is 1. The summed E-state index contributed by atoms with van der Waals surface area (Å²) < 4.78 is 20.8. The maximum atomic E-state index is 15.1. The third-order valence-electron chi connectivity index (χ3n) is 6.75. The molecule has 201 valence electrons. The molecule has 0 bridgehead atoms. The first-order chi connectivity index (χ1) is 19.1. The van der Waals surface area contributed by atoms with Gasteiger partial charge in [0.15, 0.2) is 0 Å². The molecule has 0 spiro atoms. The van der Waals surface area contributed by atoms with Crippen LogP contribution in [0.4, 0.5) is 10.1 Å². The summed E-state index contributed by atoms with van der Waals surface area (Å²) in [6.07, 6.45) is 6.25. The molecule has 0 aromatic heterocycles. The van der Waals surface area contributed by atoms with Crippen molar-refractivity contribution in [1.82, 2.24) is 0 Å². The molecule has 1 radical (unpaired) electrons. The summed E-state index contributed by atoms with van der Waals surface area (Å²) in [5, 5.41) is 0. The second-order valence-corrected chi connectivity index (χ2v) is 9.14. The molecule has 6 rings (SSSR count). The van der Waals surface area contributed by atoms with Crippen molar-refractivity contribution < 1.29 is 18.7 Å². The van der Waals surface area contributed by atoms with Gasteiger partial charge in [-0.1, -0.05) is 82.3 Å². The van der Waals surface area contributed by atoms with Crippen LogP contribution in [-0.4, -0.2) is 18.9 Å². The average molecular weight is 525 g/mol. The van der Waals surface area contributed by atoms with Gasteiger partial charge in [-0.15, -0.1) is 0 Å². The Morgan fingerprint density at radius 3 is 2.26 bits per heavy atom. The molecule has 1 saturated carbocycles. The second kappa shape index (κ2) is 12.2. The number of fused-ring (bicyclic) bond motifs is 1. The van der Waals surface area contributed by atoms with Gasteiger partial charge in [0.05, 0.1) is 18.4 Å². The number of benzene rings is 3. The normalized spacial score (nSPS) is 16.2. The van der Waals surface area contributed by atoms with Gasteiger partial charge in [0.2, 0.25) is 5.91 Å². The molecule has 0 saturated heterocycles. The fraction of sp³-hybridized carbons (Fsp3) is 0.265. The number of amides is 2. The van der Waals surface area contributed by atoms with E-state index in [1.165, 1.54) is 18.1 Å². The Labute approximate surface area is 230 Å². The minimum absolute atomic E-state index is 0.214. The SMILES string of the molecule is CC.CC.CO/C(=C1\C(=O)N(C(=O)CC2CC2)c2ccc(-c3c(F)cccc3C3=C[CH]3)cc21)c1ccccc1. The smallest absolute Gasteiger partial charge is 0.269 e. The monoisotopic (exact) mass is 524 g/mol. The van der Waals surface area contributed by atoms with E-state index in [2.05, 4.69) is 0 Å². The molecule has 0 N–H and O–H groups in total. The Morgan fingerprint density at radius 2 is 1.64 bits per heavy atom. The first kappa shape index (κ1) is 28.0. The molecule has 0 atom stereocenters. The predicted octanol–water partition coefficient (Wildman–Crippen LogP) is 8.33. The van der Waals surface area contributed by atoms with Gasteiger partial charge >= 0.3 is 0 Å². The molecule has 2 aliphatic carbocycles. The zero-order chi connectivity index (χ0) is 28.1. The number of ether oxygens (including phenoxy) is 1. The van der Waals surface area contributed by atoms with Crippen LogP contribution in [0.15, 0.2) is 72.8 Å². The fourth-order valence-corrected chi connectivity index (χ4v) is 4.78. The highest BCUT2D eigenvalue weighted by Gasteiger charge is 2.41. The molecule has 3 aromatic rings. The number of allylic oxidation sites excluding steroid dienone is 2. The van der Waals surface area contributed by atoms with Gasteiger partial charge in [0.25, 0.3) is 5.91 Å². The first-order valence-electron chi connectivity index (χ1n) is 13.8. The third kappa shape index (κ3) is 5.58. The van der Waals surface area contributed by atoms with Crippen molar-refractivity contribution >= 4 is 34.4 Å². The van der Waals surface area contributed by atoms with E-state index in [-0.39, 0.29) is 11.7 Å². The van der Waals surface area contributed by atoms with Crippen LogP contribution in [0, 0.1) is 18.2 Å². The van der Waals surface area contributed by atoms with Gasteiger partial charge in [-0.05, 0) is 53.7 Å². The maximum absolute atomic E-state index is 15.1. The van der Waals surface area contributed by atoms with Gasteiger partial charge in [-0.2, -0.15) is 0 Å². The van der Waals surface area contributed by atoms with E-state index < -0.39 is 5.91 Å². The lowest BCUT2D eigenvalue weighted by molar-refractivity contribution is -0.123. The van der Waals surface area contributed by atoms with Crippen molar-refractivity contribution in [2.24, 2.45) is 5.92 Å². The lowest BCUT2D eigenvalue weighted by atomic mass is 9.93. The van der Waals surface area contributed by atoms with Crippen molar-refractivity contribution in [3.63, 3.8) is 0 Å². The fourth-order valence-electron chi connectivity index (χ4n) is 4.78. The van der Waals surface area contributed by atoms with Crippen LogP contribution in [0.25, 0.3) is 28.0 Å². The van der Waals surface area contributed by atoms with Gasteiger partial charge in [0.1, 0.15) is 11.6 Å². The van der Waals surface area contributed by atoms with E-state index >= 15 is 4.39 Å². The third-order valence-corrected chi connectivity index (χ3v) is 6.75. The van der Waals surface area contributed by atoms with Crippen LogP contribution in [0.5, 0.6) is 0 Å². The van der Waals surface area contributed by atoms with Crippen molar-refractivity contribution in [2.45, 2.75) is 47.0 Å². The van der Waals surface area contributed by atoms with E-state index in [0.717, 1.165) is 29.5 Å². The molecule has 0 unspecified atom stereocenters. The summed E-state index contributed by atoms with van der Waals surface area (Å²) in [6.45, 7) is 8.00. The topological polar surface area (TPSA) is 46.6 Å². The molecule has 39 heavy (non-hydrogen) atoms. The van der Waals surface area contributed by atoms with Crippen LogP contribution >= 0.6 is 0 Å². The van der Waals surface area contributed by atoms with E-state index in [1.54, 1.807) is 24.3 Å². The summed E-state index contributed by atoms with van der Waals surface area (Å²) in [6, 6.07) is 19.7. The number of rotatable bonds is 6. The molecular weight excluding hydrogens is 489 g/mol. The number of imide groups is 1. The zero-order valence-electron chi connectivity index (χ0n) is 23.3. The van der Waals surface area contributed by atoms with E-state index in [1.807, 2.05) is 76.6 Å². The molecule has 1 fully saturated rings. The number of carbonyl (C=O) groups excluding carboxylic acids is 2. The van der Waals surface area contributed by atoms with Crippen LogP contribution < -0.4 is 4.90 Å². The maximum Gasteiger partial charge on any atom is 0.269 e. The second-order valence-electron chi connectivity index (χ2n) is 9.14. The zero-order valence-corrected chi connectivity index (χ0v) is 23.3. The van der Waals surface area contributed by atoms with Gasteiger partial charge in [0, 0.05) is 29.5 Å². The molecule has 3 aliphatic rings. The summed E-state index contributed by atoms with van der Waals surface area (Å²) >= 11 is 0. The summed E-state index contributed by atoms with van der Waals surface area (Å²) in [4.78, 5) is 28.2. The summed E-state index contributed by atoms with van der Waals surface area (Å²) in [7, 11) is 1.52. The van der Waals surface area contributed by atoms with Gasteiger partial charge in [-0.3, -0.25) is 9.59 Å². The first-order valence-corrected chi connectivity index (χ1v) is 13.8. The number of halogens is 1. The van der Waals surface area contributed by atoms with Crippen LogP contribution in [0.1, 0.15) is 63.6 Å². The quantitative estimate of drug-likeness (QED) is 0.241. The van der Waals surface area contributed by atoms with Crippen LogP contribution in [0.3, 0.4) is 0 Å². The summed E-state index contributed by atoms with van der Waals surface area (Å²) in [5.41, 5.74) is 5.03. The van der Waals surface area contributed by atoms with E-state index in [4.69, 9.17) is 4.74 Å².